The van der Waals surface area contributed by atoms with Gasteiger partial charge in [-0.3, -0.25) is 4.90 Å². The molecule has 0 aliphatic rings. The van der Waals surface area contributed by atoms with Crippen LogP contribution in [0.15, 0.2) is 12.5 Å². The highest BCUT2D eigenvalue weighted by molar-refractivity contribution is 5.71. The number of carbonyl (C=O) groups is 1. The monoisotopic (exact) mass is 208 g/mol. The summed E-state index contributed by atoms with van der Waals surface area (Å²) >= 11 is 0. The van der Waals surface area contributed by atoms with Gasteiger partial charge < -0.3 is 25.4 Å². The van der Waals surface area contributed by atoms with Crippen LogP contribution in [0, 0.1) is 0 Å². The van der Waals surface area contributed by atoms with Gasteiger partial charge in [-0.25, -0.2) is 4.79 Å². The molecular weight excluding hydrogens is 192 g/mol. The van der Waals surface area contributed by atoms with Crippen LogP contribution >= 0.6 is 0 Å². The van der Waals surface area contributed by atoms with Gasteiger partial charge in [0.2, 0.25) is 0 Å². The van der Waals surface area contributed by atoms with Crippen molar-refractivity contribution in [2.45, 2.75) is 0 Å². The third kappa shape index (κ3) is 8.62. The van der Waals surface area contributed by atoms with Gasteiger partial charge in [0.15, 0.2) is 0 Å². The predicted molar refractivity (Wildman–Crippen MR) is 48.8 cm³/mol. The van der Waals surface area contributed by atoms with Gasteiger partial charge in [-0.1, -0.05) is 0 Å². The number of carbonyl (C=O) groups excluding carboxylic acids is 1. The average Bonchev–Trinajstić information content (AvgIpc) is 2.19. The van der Waals surface area contributed by atoms with Crippen molar-refractivity contribution in [2.24, 2.45) is 5.73 Å². The summed E-state index contributed by atoms with van der Waals surface area (Å²) in [6.45, 7) is 2.25. The number of aliphatic hydroxyl groups is 2. The molecule has 0 aliphatic carbocycles. The van der Waals surface area contributed by atoms with E-state index in [1.807, 2.05) is 0 Å². The Hall–Kier alpha value is -1.47. The van der Waals surface area contributed by atoms with Gasteiger partial charge in [-0.15, -0.1) is 0 Å². The Balaban J connectivity index is 0. The lowest BCUT2D eigenvalue weighted by Crippen LogP contribution is -2.36. The Labute approximate surface area is 82.3 Å². The lowest BCUT2D eigenvalue weighted by molar-refractivity contribution is 0.0608. The minimum Gasteiger partial charge on any atom is -0.469 e. The molecule has 0 heterocycles. The normalized spacial score (nSPS) is 8.00. The lowest BCUT2D eigenvalue weighted by Gasteiger charge is -2.11. The SMILES string of the molecule is C=C(OC)OC.NC(=O)N(CO)CO. The van der Waals surface area contributed by atoms with E-state index < -0.39 is 19.5 Å². The fraction of sp³-hybridized carbons (Fsp3) is 0.571. The molecule has 2 amide bonds. The number of ether oxygens (including phenoxy) is 2. The molecule has 0 aromatic heterocycles. The highest BCUT2D eigenvalue weighted by Crippen LogP contribution is 1.85. The molecule has 84 valence electrons. The molecule has 0 aromatic rings. The summed E-state index contributed by atoms with van der Waals surface area (Å²) < 4.78 is 8.97. The Bertz CT molecular complexity index is 163. The quantitative estimate of drug-likeness (QED) is 0.406. The first-order valence-electron chi connectivity index (χ1n) is 3.56. The minimum atomic E-state index is -0.838. The standard InChI is InChI=1S/C4H8O2.C3H8N2O3/c1-4(5-2)6-3;4-3(8)5(1-6)2-7/h1H2,2-3H3;6-7H,1-2H2,(H2,4,8). The second kappa shape index (κ2) is 9.62. The molecule has 0 radical (unpaired) electrons. The van der Waals surface area contributed by atoms with Crippen LogP contribution in [0.3, 0.4) is 0 Å². The number of primary amides is 1. The summed E-state index contributed by atoms with van der Waals surface area (Å²) in [6.07, 6.45) is 0. The van der Waals surface area contributed by atoms with Crippen molar-refractivity contribution >= 4 is 6.03 Å². The Morgan fingerprint density at radius 1 is 1.36 bits per heavy atom. The van der Waals surface area contributed by atoms with Gasteiger partial charge in [-0.2, -0.15) is 0 Å². The van der Waals surface area contributed by atoms with E-state index in [0.717, 1.165) is 0 Å². The zero-order chi connectivity index (χ0) is 11.6. The molecule has 0 spiro atoms. The van der Waals surface area contributed by atoms with E-state index >= 15 is 0 Å². The summed E-state index contributed by atoms with van der Waals surface area (Å²) in [6, 6.07) is -0.838. The molecule has 0 bridgehead atoms. The molecule has 7 nitrogen and oxygen atoms in total. The van der Waals surface area contributed by atoms with Gasteiger partial charge in [-0.05, 0) is 6.58 Å². The van der Waals surface area contributed by atoms with Crippen molar-refractivity contribution in [1.29, 1.82) is 0 Å². The largest absolute Gasteiger partial charge is 0.469 e. The fourth-order valence-electron chi connectivity index (χ4n) is 0.267. The van der Waals surface area contributed by atoms with Crippen molar-refractivity contribution in [2.75, 3.05) is 27.7 Å². The van der Waals surface area contributed by atoms with E-state index in [9.17, 15) is 4.79 Å². The highest BCUT2D eigenvalue weighted by atomic mass is 16.7. The first kappa shape index (κ1) is 15.0. The van der Waals surface area contributed by atoms with Gasteiger partial charge >= 0.3 is 6.03 Å². The van der Waals surface area contributed by atoms with E-state index in [0.29, 0.717) is 10.8 Å². The minimum absolute atomic E-state index is 0.343. The van der Waals surface area contributed by atoms with E-state index in [4.69, 9.17) is 10.2 Å². The van der Waals surface area contributed by atoms with Crippen LogP contribution in [0.4, 0.5) is 4.79 Å². The lowest BCUT2D eigenvalue weighted by atomic mass is 10.8. The summed E-state index contributed by atoms with van der Waals surface area (Å²) in [7, 11) is 3.01. The molecule has 0 saturated heterocycles. The maximum atomic E-state index is 9.99. The molecule has 0 aromatic carbocycles. The summed E-state index contributed by atoms with van der Waals surface area (Å²) in [5.74, 6) is 0.343. The molecule has 0 rings (SSSR count). The molecule has 0 unspecified atom stereocenters. The van der Waals surface area contributed by atoms with Crippen LogP contribution in [-0.4, -0.2) is 48.8 Å². The zero-order valence-electron chi connectivity index (χ0n) is 8.27. The van der Waals surface area contributed by atoms with Crippen LogP contribution in [0.5, 0.6) is 0 Å². The molecule has 14 heavy (non-hydrogen) atoms. The molecule has 4 N–H and O–H groups in total. The number of hydrogen-bond acceptors (Lipinski definition) is 5. The van der Waals surface area contributed by atoms with Crippen molar-refractivity contribution in [3.8, 4) is 0 Å². The molecular formula is C7H16N2O5. The number of hydrogen-bond donors (Lipinski definition) is 3. The van der Waals surface area contributed by atoms with E-state index in [2.05, 4.69) is 21.8 Å². The molecule has 0 atom stereocenters. The summed E-state index contributed by atoms with van der Waals surface area (Å²) in [4.78, 5) is 10.7. The van der Waals surface area contributed by atoms with E-state index in [-0.39, 0.29) is 0 Å². The number of urea groups is 1. The van der Waals surface area contributed by atoms with Crippen molar-refractivity contribution in [3.63, 3.8) is 0 Å². The summed E-state index contributed by atoms with van der Waals surface area (Å²) in [5, 5.41) is 16.3. The second-order valence-electron chi connectivity index (χ2n) is 1.94. The number of methoxy groups -OCH3 is 2. The van der Waals surface area contributed by atoms with Gasteiger partial charge in [0.05, 0.1) is 14.2 Å². The Kier molecular flexibility index (Phi) is 10.3. The maximum Gasteiger partial charge on any atom is 0.318 e. The van der Waals surface area contributed by atoms with Gasteiger partial charge in [0, 0.05) is 0 Å². The smallest absolute Gasteiger partial charge is 0.318 e. The van der Waals surface area contributed by atoms with Crippen molar-refractivity contribution in [3.05, 3.63) is 12.5 Å². The zero-order valence-corrected chi connectivity index (χ0v) is 8.27. The van der Waals surface area contributed by atoms with Crippen LogP contribution in [0.2, 0.25) is 0 Å². The third-order valence-corrected chi connectivity index (χ3v) is 1.11. The second-order valence-corrected chi connectivity index (χ2v) is 1.94. The maximum absolute atomic E-state index is 9.99. The van der Waals surface area contributed by atoms with Gasteiger partial charge in [0.1, 0.15) is 13.5 Å². The molecule has 0 saturated carbocycles. The topological polar surface area (TPSA) is 105 Å². The number of amides is 2. The van der Waals surface area contributed by atoms with Crippen LogP contribution < -0.4 is 5.73 Å². The van der Waals surface area contributed by atoms with E-state index in [1.54, 1.807) is 0 Å². The third-order valence-electron chi connectivity index (χ3n) is 1.11. The number of nitrogens with two attached hydrogens (primary N) is 1. The first-order chi connectivity index (χ1) is 6.53. The molecule has 0 fully saturated rings. The summed E-state index contributed by atoms with van der Waals surface area (Å²) in [5.41, 5.74) is 4.62. The predicted octanol–water partition coefficient (Wildman–Crippen LogP) is -0.983. The van der Waals surface area contributed by atoms with Crippen LogP contribution in [0.1, 0.15) is 0 Å². The Morgan fingerprint density at radius 2 is 1.71 bits per heavy atom. The molecule has 7 heteroatoms. The van der Waals surface area contributed by atoms with Gasteiger partial charge in [0.25, 0.3) is 5.95 Å². The van der Waals surface area contributed by atoms with Crippen LogP contribution in [-0.2, 0) is 9.47 Å². The van der Waals surface area contributed by atoms with Crippen molar-refractivity contribution in [1.82, 2.24) is 4.90 Å². The number of rotatable bonds is 4. The average molecular weight is 208 g/mol. The Morgan fingerprint density at radius 3 is 1.71 bits per heavy atom. The number of nitrogens with zero attached hydrogens (tertiary/aromatic N) is 1. The van der Waals surface area contributed by atoms with Crippen LogP contribution in [0.25, 0.3) is 0 Å². The number of aliphatic hydroxyl groups excluding tert-OH is 2. The first-order valence-corrected chi connectivity index (χ1v) is 3.56. The van der Waals surface area contributed by atoms with E-state index in [1.165, 1.54) is 14.2 Å². The fourth-order valence-corrected chi connectivity index (χ4v) is 0.267. The highest BCUT2D eigenvalue weighted by Gasteiger charge is 2.02. The molecule has 0 aliphatic heterocycles. The van der Waals surface area contributed by atoms with Crippen molar-refractivity contribution < 1.29 is 24.5 Å².